The van der Waals surface area contributed by atoms with Crippen molar-refractivity contribution in [2.24, 2.45) is 11.3 Å². The highest BCUT2D eigenvalue weighted by Gasteiger charge is 2.53. The highest BCUT2D eigenvalue weighted by atomic mass is 19.1. The average Bonchev–Trinajstić information content (AvgIpc) is 3.08. The highest BCUT2D eigenvalue weighted by molar-refractivity contribution is 5.42. The van der Waals surface area contributed by atoms with Crippen molar-refractivity contribution in [1.82, 2.24) is 10.2 Å². The molecule has 0 bridgehead atoms. The van der Waals surface area contributed by atoms with E-state index in [4.69, 9.17) is 4.74 Å². The van der Waals surface area contributed by atoms with Gasteiger partial charge in [-0.1, -0.05) is 58.0 Å². The van der Waals surface area contributed by atoms with E-state index in [-0.39, 0.29) is 35.3 Å². The van der Waals surface area contributed by atoms with Crippen LogP contribution in [0.5, 0.6) is 5.75 Å². The molecule has 26 heavy (non-hydrogen) atoms. The summed E-state index contributed by atoms with van der Waals surface area (Å²) in [5, 5.41) is 3.51. The number of para-hydroxylation sites is 1. The monoisotopic (exact) mass is 356 g/mol. The Kier molecular flexibility index (Phi) is 4.44. The summed E-state index contributed by atoms with van der Waals surface area (Å²) in [5.74, 6) is 1.10. The first-order valence-corrected chi connectivity index (χ1v) is 9.67. The Morgan fingerprint density at radius 1 is 1.27 bits per heavy atom. The molecule has 0 saturated carbocycles. The predicted octanol–water partition coefficient (Wildman–Crippen LogP) is 4.24. The molecule has 140 valence electrons. The summed E-state index contributed by atoms with van der Waals surface area (Å²) >= 11 is 0. The van der Waals surface area contributed by atoms with E-state index in [1.807, 2.05) is 18.2 Å². The number of rotatable bonds is 4. The van der Waals surface area contributed by atoms with Gasteiger partial charge >= 0.3 is 0 Å². The molecule has 0 aromatic heterocycles. The molecule has 2 aliphatic heterocycles. The molecule has 1 fully saturated rings. The van der Waals surface area contributed by atoms with Crippen LogP contribution in [0.2, 0.25) is 0 Å². The third-order valence-electron chi connectivity index (χ3n) is 6.00. The van der Waals surface area contributed by atoms with E-state index < -0.39 is 0 Å². The Balaban J connectivity index is 1.71. The largest absolute Gasteiger partial charge is 0.487 e. The van der Waals surface area contributed by atoms with Crippen LogP contribution in [-0.4, -0.2) is 36.2 Å². The number of benzene rings is 1. The summed E-state index contributed by atoms with van der Waals surface area (Å²) < 4.78 is 21.2. The van der Waals surface area contributed by atoms with Gasteiger partial charge in [-0.15, -0.1) is 0 Å². The average molecular weight is 356 g/mol. The van der Waals surface area contributed by atoms with Crippen LogP contribution in [0.4, 0.5) is 4.39 Å². The predicted molar refractivity (Wildman–Crippen MR) is 103 cm³/mol. The Bertz CT molecular complexity index is 739. The molecule has 1 saturated heterocycles. The second kappa shape index (κ2) is 6.50. The van der Waals surface area contributed by atoms with Crippen molar-refractivity contribution in [2.45, 2.75) is 51.9 Å². The van der Waals surface area contributed by atoms with E-state index in [2.05, 4.69) is 56.1 Å². The van der Waals surface area contributed by atoms with Crippen LogP contribution in [0.3, 0.4) is 0 Å². The molecule has 0 amide bonds. The lowest BCUT2D eigenvalue weighted by molar-refractivity contribution is 0.0810. The Hall–Kier alpha value is -1.65. The Morgan fingerprint density at radius 3 is 2.81 bits per heavy atom. The van der Waals surface area contributed by atoms with Crippen LogP contribution in [0.1, 0.15) is 39.3 Å². The summed E-state index contributed by atoms with van der Waals surface area (Å²) in [6, 6.07) is 8.49. The van der Waals surface area contributed by atoms with Gasteiger partial charge in [0.05, 0.1) is 12.1 Å². The smallest absolute Gasteiger partial charge is 0.131 e. The lowest BCUT2D eigenvalue weighted by Gasteiger charge is -2.35. The molecule has 1 aromatic carbocycles. The van der Waals surface area contributed by atoms with Crippen molar-refractivity contribution in [2.75, 3.05) is 13.1 Å². The van der Waals surface area contributed by atoms with Crippen molar-refractivity contribution in [1.29, 1.82) is 0 Å². The van der Waals surface area contributed by atoms with Gasteiger partial charge in [-0.3, -0.25) is 4.90 Å². The number of likely N-dealkylation sites (tertiary alicyclic amines) is 1. The maximum Gasteiger partial charge on any atom is 0.131 e. The van der Waals surface area contributed by atoms with Gasteiger partial charge in [-0.05, 0) is 17.6 Å². The highest BCUT2D eigenvalue weighted by Crippen LogP contribution is 2.52. The van der Waals surface area contributed by atoms with Gasteiger partial charge in [0.15, 0.2) is 0 Å². The molecule has 0 spiro atoms. The minimum atomic E-state index is -0.198. The minimum Gasteiger partial charge on any atom is -0.487 e. The summed E-state index contributed by atoms with van der Waals surface area (Å²) in [6.45, 7) is 10.4. The van der Waals surface area contributed by atoms with E-state index in [1.165, 1.54) is 5.56 Å². The zero-order valence-electron chi connectivity index (χ0n) is 16.1. The van der Waals surface area contributed by atoms with Gasteiger partial charge in [0.2, 0.25) is 0 Å². The lowest BCUT2D eigenvalue weighted by atomic mass is 9.77. The topological polar surface area (TPSA) is 24.5 Å². The maximum atomic E-state index is 14.9. The SMILES string of the molecule is CC(C)NCC1Oc2ccccc2C1N1CC(C)(C)C2C=CC=C(F)C21. The first-order chi connectivity index (χ1) is 12.4. The number of nitrogens with one attached hydrogen (secondary N) is 1. The zero-order chi connectivity index (χ0) is 18.5. The fraction of sp³-hybridized carbons (Fsp3) is 0.545. The molecule has 4 heteroatoms. The van der Waals surface area contributed by atoms with Crippen LogP contribution in [0.25, 0.3) is 0 Å². The molecule has 3 nitrogen and oxygen atoms in total. The minimum absolute atomic E-state index is 0.0111. The molecule has 4 unspecified atom stereocenters. The molecule has 1 N–H and O–H groups in total. The zero-order valence-corrected chi connectivity index (χ0v) is 16.1. The number of nitrogens with zero attached hydrogens (tertiary/aromatic N) is 1. The molecule has 4 rings (SSSR count). The maximum absolute atomic E-state index is 14.9. The molecule has 1 aromatic rings. The normalized spacial score (nSPS) is 32.3. The second-order valence-electron chi connectivity index (χ2n) is 8.77. The van der Waals surface area contributed by atoms with Gasteiger partial charge in [-0.2, -0.15) is 0 Å². The van der Waals surface area contributed by atoms with Crippen molar-refractivity contribution in [3.05, 3.63) is 53.9 Å². The Labute approximate surface area is 155 Å². The fourth-order valence-electron chi connectivity index (χ4n) is 4.80. The van der Waals surface area contributed by atoms with Crippen LogP contribution in [0.15, 0.2) is 48.3 Å². The molecular formula is C22H29FN2O. The standard InChI is InChI=1S/C22H29FN2O/c1-14(2)24-12-19-20(15-8-5-6-11-18(15)26-19)25-13-22(3,4)16-9-7-10-17(23)21(16)25/h5-11,14,16,19-21,24H,12-13H2,1-4H3. The number of hydrogen-bond acceptors (Lipinski definition) is 3. The molecule has 1 aliphatic carbocycles. The van der Waals surface area contributed by atoms with Crippen LogP contribution < -0.4 is 10.1 Å². The third kappa shape index (κ3) is 2.89. The quantitative estimate of drug-likeness (QED) is 0.873. The van der Waals surface area contributed by atoms with Crippen molar-refractivity contribution in [3.63, 3.8) is 0 Å². The van der Waals surface area contributed by atoms with E-state index in [0.29, 0.717) is 6.04 Å². The molecule has 3 aliphatic rings. The van der Waals surface area contributed by atoms with Crippen molar-refractivity contribution >= 4 is 0 Å². The number of hydrogen-bond donors (Lipinski definition) is 1. The lowest BCUT2D eigenvalue weighted by Crippen LogP contribution is -2.45. The van der Waals surface area contributed by atoms with Crippen molar-refractivity contribution < 1.29 is 9.13 Å². The van der Waals surface area contributed by atoms with Crippen LogP contribution in [-0.2, 0) is 0 Å². The first-order valence-electron chi connectivity index (χ1n) is 9.67. The van der Waals surface area contributed by atoms with Gasteiger partial charge < -0.3 is 10.1 Å². The third-order valence-corrected chi connectivity index (χ3v) is 6.00. The molecule has 0 radical (unpaired) electrons. The second-order valence-corrected chi connectivity index (χ2v) is 8.77. The van der Waals surface area contributed by atoms with Gasteiger partial charge in [0, 0.05) is 30.6 Å². The number of ether oxygens (including phenoxy) is 1. The fourth-order valence-corrected chi connectivity index (χ4v) is 4.80. The number of halogens is 1. The van der Waals surface area contributed by atoms with Crippen LogP contribution in [0, 0.1) is 11.3 Å². The Morgan fingerprint density at radius 2 is 2.04 bits per heavy atom. The summed E-state index contributed by atoms with van der Waals surface area (Å²) in [5.41, 5.74) is 1.21. The van der Waals surface area contributed by atoms with Crippen molar-refractivity contribution in [3.8, 4) is 5.75 Å². The van der Waals surface area contributed by atoms with E-state index >= 15 is 0 Å². The van der Waals surface area contributed by atoms with Gasteiger partial charge in [0.25, 0.3) is 0 Å². The first kappa shape index (κ1) is 17.7. The van der Waals surface area contributed by atoms with E-state index in [9.17, 15) is 4.39 Å². The molecule has 4 atom stereocenters. The van der Waals surface area contributed by atoms with Gasteiger partial charge in [-0.25, -0.2) is 4.39 Å². The van der Waals surface area contributed by atoms with Gasteiger partial charge in [0.1, 0.15) is 17.7 Å². The summed E-state index contributed by atoms with van der Waals surface area (Å²) in [6.07, 6.45) is 5.66. The van der Waals surface area contributed by atoms with E-state index in [0.717, 1.165) is 18.8 Å². The molecular weight excluding hydrogens is 327 g/mol. The van der Waals surface area contributed by atoms with Crippen LogP contribution >= 0.6 is 0 Å². The number of fused-ring (bicyclic) bond motifs is 2. The summed E-state index contributed by atoms with van der Waals surface area (Å²) in [4.78, 5) is 2.35. The molecule has 2 heterocycles. The number of allylic oxidation sites excluding steroid dienone is 2. The summed E-state index contributed by atoms with van der Waals surface area (Å²) in [7, 11) is 0. The van der Waals surface area contributed by atoms with E-state index in [1.54, 1.807) is 6.08 Å².